The number of fused-ring (bicyclic) bond motifs is 1. The van der Waals surface area contributed by atoms with Crippen molar-refractivity contribution >= 4 is 28.3 Å². The van der Waals surface area contributed by atoms with Crippen LogP contribution in [0.2, 0.25) is 0 Å². The van der Waals surface area contributed by atoms with E-state index in [1.807, 2.05) is 0 Å². The minimum atomic E-state index is -0.0141. The van der Waals surface area contributed by atoms with Crippen LogP contribution in [0.5, 0.6) is 0 Å². The van der Waals surface area contributed by atoms with Crippen LogP contribution in [0.4, 0.5) is 5.13 Å². The fourth-order valence-corrected chi connectivity index (χ4v) is 3.91. The van der Waals surface area contributed by atoms with Gasteiger partial charge < -0.3 is 10.6 Å². The van der Waals surface area contributed by atoms with Gasteiger partial charge in [0, 0.05) is 23.8 Å². The van der Waals surface area contributed by atoms with Crippen LogP contribution in [-0.2, 0) is 22.4 Å². The number of nitrogens with zero attached hydrogens (tertiary/aromatic N) is 1. The summed E-state index contributed by atoms with van der Waals surface area (Å²) in [4.78, 5) is 29.2. The first kappa shape index (κ1) is 15.5. The predicted octanol–water partition coefficient (Wildman–Crippen LogP) is 2.51. The molecule has 6 heteroatoms. The van der Waals surface area contributed by atoms with Gasteiger partial charge in [-0.05, 0) is 44.4 Å². The Balaban J connectivity index is 1.39. The third-order valence-corrected chi connectivity index (χ3v) is 5.30. The van der Waals surface area contributed by atoms with Gasteiger partial charge in [0.1, 0.15) is 0 Å². The molecule has 2 aliphatic carbocycles. The number of thiazole rings is 1. The molecule has 1 heterocycles. The SMILES string of the molecule is CC1CCc2nc(NC(=O)CCCNC(=O)C3CC3)sc2C1. The zero-order chi connectivity index (χ0) is 15.5. The second-order valence-corrected chi connectivity index (χ2v) is 7.54. The first-order valence-electron chi connectivity index (χ1n) is 8.18. The van der Waals surface area contributed by atoms with Crippen molar-refractivity contribution in [3.05, 3.63) is 10.6 Å². The number of aryl methyl sites for hydroxylation is 1. The summed E-state index contributed by atoms with van der Waals surface area (Å²) in [7, 11) is 0. The van der Waals surface area contributed by atoms with Crippen molar-refractivity contribution in [3.63, 3.8) is 0 Å². The van der Waals surface area contributed by atoms with Crippen molar-refractivity contribution in [3.8, 4) is 0 Å². The molecule has 1 fully saturated rings. The number of carbonyl (C=O) groups excluding carboxylic acids is 2. The average molecular weight is 321 g/mol. The van der Waals surface area contributed by atoms with E-state index in [0.29, 0.717) is 25.3 Å². The summed E-state index contributed by atoms with van der Waals surface area (Å²) in [6.45, 7) is 2.84. The Bertz CT molecular complexity index is 566. The largest absolute Gasteiger partial charge is 0.356 e. The molecule has 2 aliphatic rings. The number of rotatable bonds is 6. The van der Waals surface area contributed by atoms with E-state index >= 15 is 0 Å². The summed E-state index contributed by atoms with van der Waals surface area (Å²) in [5.74, 6) is 1.08. The lowest BCUT2D eigenvalue weighted by Crippen LogP contribution is -2.26. The highest BCUT2D eigenvalue weighted by atomic mass is 32.1. The lowest BCUT2D eigenvalue weighted by molar-refractivity contribution is -0.122. The van der Waals surface area contributed by atoms with E-state index in [1.165, 1.54) is 11.3 Å². The van der Waals surface area contributed by atoms with Crippen LogP contribution in [0.3, 0.4) is 0 Å². The highest BCUT2D eigenvalue weighted by Gasteiger charge is 2.29. The lowest BCUT2D eigenvalue weighted by atomic mass is 9.93. The van der Waals surface area contributed by atoms with Gasteiger partial charge in [-0.2, -0.15) is 0 Å². The molecule has 1 saturated carbocycles. The molecular weight excluding hydrogens is 298 g/mol. The highest BCUT2D eigenvalue weighted by Crippen LogP contribution is 2.32. The maximum absolute atomic E-state index is 11.9. The van der Waals surface area contributed by atoms with Crippen LogP contribution in [0.1, 0.15) is 49.6 Å². The van der Waals surface area contributed by atoms with Gasteiger partial charge >= 0.3 is 0 Å². The molecule has 22 heavy (non-hydrogen) atoms. The molecule has 3 rings (SSSR count). The number of carbonyl (C=O) groups is 2. The second kappa shape index (κ2) is 6.77. The van der Waals surface area contributed by atoms with Gasteiger partial charge in [0.15, 0.2) is 5.13 Å². The van der Waals surface area contributed by atoms with E-state index in [9.17, 15) is 9.59 Å². The minimum Gasteiger partial charge on any atom is -0.356 e. The fraction of sp³-hybridized carbons (Fsp3) is 0.688. The Morgan fingerprint density at radius 2 is 2.14 bits per heavy atom. The first-order chi connectivity index (χ1) is 10.6. The molecule has 1 atom stereocenters. The molecule has 2 amide bonds. The van der Waals surface area contributed by atoms with Gasteiger partial charge in [-0.15, -0.1) is 11.3 Å². The Morgan fingerprint density at radius 3 is 2.91 bits per heavy atom. The van der Waals surface area contributed by atoms with Gasteiger partial charge in [0.2, 0.25) is 11.8 Å². The first-order valence-corrected chi connectivity index (χ1v) is 8.99. The van der Waals surface area contributed by atoms with Crippen LogP contribution in [-0.4, -0.2) is 23.3 Å². The summed E-state index contributed by atoms with van der Waals surface area (Å²) < 4.78 is 0. The van der Waals surface area contributed by atoms with Gasteiger partial charge in [0.05, 0.1) is 5.69 Å². The fourth-order valence-electron chi connectivity index (χ4n) is 2.73. The van der Waals surface area contributed by atoms with Gasteiger partial charge in [-0.1, -0.05) is 6.92 Å². The molecule has 5 nitrogen and oxygen atoms in total. The molecule has 0 aromatic carbocycles. The predicted molar refractivity (Wildman–Crippen MR) is 86.9 cm³/mol. The van der Waals surface area contributed by atoms with Crippen LogP contribution >= 0.6 is 11.3 Å². The Hall–Kier alpha value is -1.43. The summed E-state index contributed by atoms with van der Waals surface area (Å²) in [6, 6.07) is 0. The number of amides is 2. The van der Waals surface area contributed by atoms with Crippen LogP contribution in [0.25, 0.3) is 0 Å². The van der Waals surface area contributed by atoms with E-state index in [-0.39, 0.29) is 17.7 Å². The molecule has 2 N–H and O–H groups in total. The number of hydrogen-bond acceptors (Lipinski definition) is 4. The molecule has 0 radical (unpaired) electrons. The Morgan fingerprint density at radius 1 is 1.32 bits per heavy atom. The number of nitrogens with one attached hydrogen (secondary N) is 2. The standard InChI is InChI=1S/C16H23N3O2S/c1-10-4-7-12-13(9-10)22-16(18-12)19-14(20)3-2-8-17-15(21)11-5-6-11/h10-11H,2-9H2,1H3,(H,17,21)(H,18,19,20). The minimum absolute atomic E-state index is 0.0141. The molecule has 0 bridgehead atoms. The van der Waals surface area contributed by atoms with Crippen molar-refractivity contribution in [2.45, 2.75) is 51.9 Å². The van der Waals surface area contributed by atoms with E-state index in [1.54, 1.807) is 11.3 Å². The van der Waals surface area contributed by atoms with Crippen molar-refractivity contribution in [2.75, 3.05) is 11.9 Å². The van der Waals surface area contributed by atoms with Crippen molar-refractivity contribution in [2.24, 2.45) is 11.8 Å². The molecule has 1 aromatic rings. The Kier molecular flexibility index (Phi) is 4.76. The lowest BCUT2D eigenvalue weighted by Gasteiger charge is -2.15. The smallest absolute Gasteiger partial charge is 0.226 e. The maximum Gasteiger partial charge on any atom is 0.226 e. The molecule has 1 aromatic heterocycles. The van der Waals surface area contributed by atoms with Crippen molar-refractivity contribution < 1.29 is 9.59 Å². The normalized spacial score (nSPS) is 20.3. The van der Waals surface area contributed by atoms with Gasteiger partial charge in [-0.25, -0.2) is 4.98 Å². The summed E-state index contributed by atoms with van der Waals surface area (Å²) in [5.41, 5.74) is 1.16. The molecule has 0 spiro atoms. The third-order valence-electron chi connectivity index (χ3n) is 4.26. The quantitative estimate of drug-likeness (QED) is 0.791. The zero-order valence-electron chi connectivity index (χ0n) is 13.0. The van der Waals surface area contributed by atoms with Gasteiger partial charge in [0.25, 0.3) is 0 Å². The molecule has 0 saturated heterocycles. The average Bonchev–Trinajstić information content (AvgIpc) is 3.25. The molecular formula is C16H23N3O2S. The van der Waals surface area contributed by atoms with Gasteiger partial charge in [-0.3, -0.25) is 9.59 Å². The van der Waals surface area contributed by atoms with E-state index in [2.05, 4.69) is 22.5 Å². The topological polar surface area (TPSA) is 71.1 Å². The van der Waals surface area contributed by atoms with Crippen LogP contribution in [0.15, 0.2) is 0 Å². The van der Waals surface area contributed by atoms with E-state index in [4.69, 9.17) is 0 Å². The van der Waals surface area contributed by atoms with E-state index < -0.39 is 0 Å². The van der Waals surface area contributed by atoms with E-state index in [0.717, 1.165) is 36.5 Å². The van der Waals surface area contributed by atoms with Crippen molar-refractivity contribution in [1.29, 1.82) is 0 Å². The summed E-state index contributed by atoms with van der Waals surface area (Å²) in [6.07, 6.45) is 6.41. The zero-order valence-corrected chi connectivity index (χ0v) is 13.8. The molecule has 0 aliphatic heterocycles. The molecule has 120 valence electrons. The monoisotopic (exact) mass is 321 g/mol. The molecule has 1 unspecified atom stereocenters. The van der Waals surface area contributed by atoms with Crippen molar-refractivity contribution in [1.82, 2.24) is 10.3 Å². The summed E-state index contributed by atoms with van der Waals surface area (Å²) in [5, 5.41) is 6.50. The summed E-state index contributed by atoms with van der Waals surface area (Å²) >= 11 is 1.61. The number of anilines is 1. The Labute approximate surface area is 134 Å². The number of aromatic nitrogens is 1. The third kappa shape index (κ3) is 4.06. The second-order valence-electron chi connectivity index (χ2n) is 6.45. The highest BCUT2D eigenvalue weighted by molar-refractivity contribution is 7.15. The van der Waals surface area contributed by atoms with Crippen LogP contribution in [0, 0.1) is 11.8 Å². The maximum atomic E-state index is 11.9. The number of hydrogen-bond donors (Lipinski definition) is 2. The van der Waals surface area contributed by atoms with Crippen LogP contribution < -0.4 is 10.6 Å².